The van der Waals surface area contributed by atoms with E-state index in [1.807, 2.05) is 0 Å². The average Bonchev–Trinajstić information content (AvgIpc) is 2.67. The van der Waals surface area contributed by atoms with Gasteiger partial charge >= 0.3 is 5.97 Å². The number of anilines is 1. The van der Waals surface area contributed by atoms with Crippen molar-refractivity contribution in [2.24, 2.45) is 0 Å². The number of amides is 1. The van der Waals surface area contributed by atoms with Gasteiger partial charge in [-0.1, -0.05) is 42.5 Å². The first-order valence-electron chi connectivity index (χ1n) is 8.23. The van der Waals surface area contributed by atoms with Gasteiger partial charge < -0.3 is 14.8 Å². The number of nitrogens with one attached hydrogen (secondary N) is 1. The van der Waals surface area contributed by atoms with E-state index < -0.39 is 12.1 Å². The largest absolute Gasteiger partial charge is 0.495 e. The molecule has 6 heteroatoms. The number of hydrogen-bond donors (Lipinski definition) is 1. The Morgan fingerprint density at radius 1 is 0.962 bits per heavy atom. The van der Waals surface area contributed by atoms with Crippen molar-refractivity contribution in [3.05, 3.63) is 60.2 Å². The number of Topliss-reactive ketones (excluding diaryl/α,β-unsaturated/α-hetero) is 1. The Hall–Kier alpha value is -3.15. The molecule has 0 saturated heterocycles. The third-order valence-electron chi connectivity index (χ3n) is 3.67. The van der Waals surface area contributed by atoms with Gasteiger partial charge in [-0.2, -0.15) is 0 Å². The lowest BCUT2D eigenvalue weighted by Crippen LogP contribution is -2.25. The van der Waals surface area contributed by atoms with Crippen LogP contribution in [0.1, 0.15) is 30.1 Å². The monoisotopic (exact) mass is 355 g/mol. The van der Waals surface area contributed by atoms with Crippen molar-refractivity contribution >= 4 is 23.3 Å². The van der Waals surface area contributed by atoms with Crippen molar-refractivity contribution in [1.82, 2.24) is 0 Å². The number of esters is 1. The second kappa shape index (κ2) is 9.36. The quantitative estimate of drug-likeness (QED) is 0.581. The summed E-state index contributed by atoms with van der Waals surface area (Å²) in [6.07, 6.45) is -1.07. The lowest BCUT2D eigenvalue weighted by Gasteiger charge is -2.13. The molecule has 1 amide bonds. The van der Waals surface area contributed by atoms with Crippen LogP contribution >= 0.6 is 0 Å². The van der Waals surface area contributed by atoms with Gasteiger partial charge in [0.2, 0.25) is 11.7 Å². The zero-order valence-electron chi connectivity index (χ0n) is 14.7. The number of ketones is 1. The molecule has 26 heavy (non-hydrogen) atoms. The van der Waals surface area contributed by atoms with Crippen molar-refractivity contribution in [1.29, 1.82) is 0 Å². The van der Waals surface area contributed by atoms with Crippen LogP contribution in [0.2, 0.25) is 0 Å². The molecular weight excluding hydrogens is 334 g/mol. The Morgan fingerprint density at radius 2 is 1.62 bits per heavy atom. The highest BCUT2D eigenvalue weighted by Crippen LogP contribution is 2.23. The van der Waals surface area contributed by atoms with Crippen molar-refractivity contribution in [3.8, 4) is 5.75 Å². The zero-order chi connectivity index (χ0) is 18.9. The summed E-state index contributed by atoms with van der Waals surface area (Å²) in [5.74, 6) is -0.687. The van der Waals surface area contributed by atoms with Gasteiger partial charge in [0.1, 0.15) is 5.75 Å². The predicted octanol–water partition coefficient (Wildman–Crippen LogP) is 3.23. The maximum atomic E-state index is 12.2. The molecule has 0 aliphatic heterocycles. The smallest absolute Gasteiger partial charge is 0.307 e. The van der Waals surface area contributed by atoms with Gasteiger partial charge in [-0.05, 0) is 19.1 Å². The fourth-order valence-electron chi connectivity index (χ4n) is 2.32. The SMILES string of the molecule is COc1ccccc1NC(=O)CCC(=O)O[C@@H](C)C(=O)c1ccccc1. The molecule has 0 fully saturated rings. The fourth-order valence-corrected chi connectivity index (χ4v) is 2.32. The minimum absolute atomic E-state index is 0.0525. The summed E-state index contributed by atoms with van der Waals surface area (Å²) in [6.45, 7) is 1.52. The third kappa shape index (κ3) is 5.44. The van der Waals surface area contributed by atoms with Gasteiger partial charge in [-0.3, -0.25) is 14.4 Å². The molecule has 136 valence electrons. The summed E-state index contributed by atoms with van der Waals surface area (Å²) in [6, 6.07) is 15.6. The lowest BCUT2D eigenvalue weighted by atomic mass is 10.1. The number of carbonyl (C=O) groups is 3. The van der Waals surface area contributed by atoms with Crippen LogP contribution < -0.4 is 10.1 Å². The summed E-state index contributed by atoms with van der Waals surface area (Å²) in [5, 5.41) is 2.68. The van der Waals surface area contributed by atoms with Gasteiger partial charge in [-0.15, -0.1) is 0 Å². The Balaban J connectivity index is 1.81. The molecule has 0 aliphatic carbocycles. The first-order chi connectivity index (χ1) is 12.5. The molecule has 0 radical (unpaired) electrons. The molecule has 2 aromatic rings. The lowest BCUT2D eigenvalue weighted by molar-refractivity contribution is -0.147. The van der Waals surface area contributed by atoms with E-state index in [0.717, 1.165) is 0 Å². The topological polar surface area (TPSA) is 81.7 Å². The summed E-state index contributed by atoms with van der Waals surface area (Å²) in [4.78, 5) is 36.0. The van der Waals surface area contributed by atoms with Gasteiger partial charge in [0.25, 0.3) is 0 Å². The number of ether oxygens (including phenoxy) is 2. The normalized spacial score (nSPS) is 11.3. The molecule has 0 spiro atoms. The standard InChI is InChI=1S/C20H21NO5/c1-14(20(24)15-8-4-3-5-9-15)26-19(23)13-12-18(22)21-16-10-6-7-11-17(16)25-2/h3-11,14H,12-13H2,1-2H3,(H,21,22)/t14-/m0/s1. The Bertz CT molecular complexity index is 773. The molecule has 1 N–H and O–H groups in total. The highest BCUT2D eigenvalue weighted by Gasteiger charge is 2.19. The summed E-state index contributed by atoms with van der Waals surface area (Å²) >= 11 is 0. The zero-order valence-corrected chi connectivity index (χ0v) is 14.7. The first-order valence-corrected chi connectivity index (χ1v) is 8.23. The van der Waals surface area contributed by atoms with Crippen LogP contribution in [0.4, 0.5) is 5.69 Å². The van der Waals surface area contributed by atoms with Gasteiger partial charge in [0.05, 0.1) is 19.2 Å². The van der Waals surface area contributed by atoms with Crippen molar-refractivity contribution in [3.63, 3.8) is 0 Å². The van der Waals surface area contributed by atoms with E-state index in [0.29, 0.717) is 17.0 Å². The minimum atomic E-state index is -0.901. The molecule has 0 unspecified atom stereocenters. The van der Waals surface area contributed by atoms with E-state index in [9.17, 15) is 14.4 Å². The average molecular weight is 355 g/mol. The number of para-hydroxylation sites is 2. The van der Waals surface area contributed by atoms with Crippen molar-refractivity contribution in [2.45, 2.75) is 25.9 Å². The van der Waals surface area contributed by atoms with Gasteiger partial charge in [0, 0.05) is 12.0 Å². The Labute approximate surface area is 152 Å². The number of benzene rings is 2. The maximum absolute atomic E-state index is 12.2. The van der Waals surface area contributed by atoms with Gasteiger partial charge in [0.15, 0.2) is 6.10 Å². The van der Waals surface area contributed by atoms with Crippen LogP contribution in [0.3, 0.4) is 0 Å². The van der Waals surface area contributed by atoms with E-state index in [1.165, 1.54) is 14.0 Å². The number of carbonyl (C=O) groups excluding carboxylic acids is 3. The summed E-state index contributed by atoms with van der Waals surface area (Å²) in [5.41, 5.74) is 1.00. The molecule has 0 bridgehead atoms. The van der Waals surface area contributed by atoms with Gasteiger partial charge in [-0.25, -0.2) is 0 Å². The number of rotatable bonds is 8. The van der Waals surface area contributed by atoms with E-state index >= 15 is 0 Å². The molecule has 0 aromatic heterocycles. The van der Waals surface area contributed by atoms with Crippen LogP contribution in [0.15, 0.2) is 54.6 Å². The molecule has 2 aromatic carbocycles. The summed E-state index contributed by atoms with van der Waals surface area (Å²) < 4.78 is 10.3. The predicted molar refractivity (Wildman–Crippen MR) is 97.2 cm³/mol. The third-order valence-corrected chi connectivity index (χ3v) is 3.67. The first kappa shape index (κ1) is 19.2. The van der Waals surface area contributed by atoms with Crippen molar-refractivity contribution < 1.29 is 23.9 Å². The number of hydrogen-bond acceptors (Lipinski definition) is 5. The maximum Gasteiger partial charge on any atom is 0.307 e. The van der Waals surface area contributed by atoms with Crippen LogP contribution in [0.5, 0.6) is 5.75 Å². The second-order valence-corrected chi connectivity index (χ2v) is 5.61. The molecule has 6 nitrogen and oxygen atoms in total. The molecule has 0 saturated carbocycles. The second-order valence-electron chi connectivity index (χ2n) is 5.61. The minimum Gasteiger partial charge on any atom is -0.495 e. The van der Waals surface area contributed by atoms with Crippen molar-refractivity contribution in [2.75, 3.05) is 12.4 Å². The Kier molecular flexibility index (Phi) is 6.91. The van der Waals surface area contributed by atoms with E-state index in [1.54, 1.807) is 54.6 Å². The molecule has 2 rings (SSSR count). The molecule has 1 atom stereocenters. The van der Waals surface area contributed by atoms with Crippen LogP contribution in [-0.2, 0) is 14.3 Å². The highest BCUT2D eigenvalue weighted by molar-refractivity contribution is 6.00. The molecular formula is C20H21NO5. The molecule has 0 aliphatic rings. The highest BCUT2D eigenvalue weighted by atomic mass is 16.5. The van der Waals surface area contributed by atoms with E-state index in [4.69, 9.17) is 9.47 Å². The number of methoxy groups -OCH3 is 1. The van der Waals surface area contributed by atoms with Crippen LogP contribution in [-0.4, -0.2) is 30.9 Å². The van der Waals surface area contributed by atoms with E-state index in [-0.39, 0.29) is 24.5 Å². The molecule has 0 heterocycles. The summed E-state index contributed by atoms with van der Waals surface area (Å²) in [7, 11) is 1.51. The van der Waals surface area contributed by atoms with E-state index in [2.05, 4.69) is 5.32 Å². The van der Waals surface area contributed by atoms with Crippen LogP contribution in [0, 0.1) is 0 Å². The van der Waals surface area contributed by atoms with Crippen LogP contribution in [0.25, 0.3) is 0 Å². The Morgan fingerprint density at radius 3 is 2.31 bits per heavy atom. The fraction of sp³-hybridized carbons (Fsp3) is 0.250.